The zero-order chi connectivity index (χ0) is 12.4. The van der Waals surface area contributed by atoms with E-state index in [0.717, 1.165) is 11.1 Å². The van der Waals surface area contributed by atoms with Crippen LogP contribution in [0.1, 0.15) is 11.5 Å². The summed E-state index contributed by atoms with van der Waals surface area (Å²) in [5, 5.41) is 17.5. The van der Waals surface area contributed by atoms with E-state index in [0.29, 0.717) is 18.1 Å². The van der Waals surface area contributed by atoms with Gasteiger partial charge in [-0.15, -0.1) is 0 Å². The van der Waals surface area contributed by atoms with Gasteiger partial charge in [-0.1, -0.05) is 23.4 Å². The van der Waals surface area contributed by atoms with Crippen molar-refractivity contribution in [2.75, 3.05) is 0 Å². The highest BCUT2D eigenvalue weighted by Gasteiger charge is 2.10. The lowest BCUT2D eigenvalue weighted by Crippen LogP contribution is -1.88. The smallest absolute Gasteiger partial charge is 0.231 e. The van der Waals surface area contributed by atoms with E-state index < -0.39 is 0 Å². The number of benzene rings is 1. The van der Waals surface area contributed by atoms with E-state index in [1.165, 1.54) is 0 Å². The first-order valence-electron chi connectivity index (χ1n) is 5.45. The second kappa shape index (κ2) is 4.62. The summed E-state index contributed by atoms with van der Waals surface area (Å²) >= 11 is 1.59. The van der Waals surface area contributed by atoms with Crippen molar-refractivity contribution in [3.63, 3.8) is 0 Å². The highest BCUT2D eigenvalue weighted by Crippen LogP contribution is 2.22. The lowest BCUT2D eigenvalue weighted by Gasteiger charge is -1.99. The molecule has 2 heterocycles. The fourth-order valence-electron chi connectivity index (χ4n) is 1.66. The summed E-state index contributed by atoms with van der Waals surface area (Å²) in [5.41, 5.74) is 1.73. The molecule has 5 heteroatoms. The number of nitrogens with zero attached hydrogens (tertiary/aromatic N) is 2. The molecular weight excluding hydrogens is 248 g/mol. The molecule has 0 unspecified atom stereocenters. The Bertz CT molecular complexity index is 647. The zero-order valence-electron chi connectivity index (χ0n) is 9.41. The molecule has 0 radical (unpaired) electrons. The maximum atomic E-state index is 9.67. The first-order valence-corrected chi connectivity index (χ1v) is 6.39. The Morgan fingerprint density at radius 1 is 1.22 bits per heavy atom. The number of phenols is 1. The Morgan fingerprint density at radius 3 is 2.89 bits per heavy atom. The minimum Gasteiger partial charge on any atom is -0.508 e. The first-order chi connectivity index (χ1) is 8.83. The number of aromatic hydroxyl groups is 1. The van der Waals surface area contributed by atoms with Gasteiger partial charge in [-0.05, 0) is 17.5 Å². The van der Waals surface area contributed by atoms with Crippen molar-refractivity contribution in [2.45, 2.75) is 6.42 Å². The lowest BCUT2D eigenvalue weighted by atomic mass is 10.1. The van der Waals surface area contributed by atoms with Crippen molar-refractivity contribution < 1.29 is 9.63 Å². The van der Waals surface area contributed by atoms with E-state index in [1.54, 1.807) is 23.5 Å². The number of hydrogen-bond acceptors (Lipinski definition) is 5. The van der Waals surface area contributed by atoms with Crippen LogP contribution in [0.2, 0.25) is 0 Å². The van der Waals surface area contributed by atoms with Crippen LogP contribution in [0.4, 0.5) is 0 Å². The van der Waals surface area contributed by atoms with Crippen LogP contribution >= 0.6 is 11.3 Å². The molecule has 90 valence electrons. The van der Waals surface area contributed by atoms with Gasteiger partial charge in [0.05, 0.1) is 6.42 Å². The average Bonchev–Trinajstić information content (AvgIpc) is 3.02. The van der Waals surface area contributed by atoms with Gasteiger partial charge in [0.2, 0.25) is 11.7 Å². The molecular formula is C13H10N2O2S. The average molecular weight is 258 g/mol. The quantitative estimate of drug-likeness (QED) is 0.784. The fraction of sp³-hybridized carbons (Fsp3) is 0.0769. The van der Waals surface area contributed by atoms with Gasteiger partial charge in [0.25, 0.3) is 0 Å². The molecule has 4 nitrogen and oxygen atoms in total. The van der Waals surface area contributed by atoms with Gasteiger partial charge < -0.3 is 9.63 Å². The van der Waals surface area contributed by atoms with Crippen LogP contribution in [-0.2, 0) is 6.42 Å². The van der Waals surface area contributed by atoms with Gasteiger partial charge in [-0.25, -0.2) is 0 Å². The van der Waals surface area contributed by atoms with E-state index >= 15 is 0 Å². The van der Waals surface area contributed by atoms with E-state index in [1.807, 2.05) is 29.0 Å². The Kier molecular flexibility index (Phi) is 2.82. The van der Waals surface area contributed by atoms with Crippen LogP contribution in [-0.4, -0.2) is 15.2 Å². The molecule has 3 rings (SSSR count). The van der Waals surface area contributed by atoms with Crippen LogP contribution in [0, 0.1) is 0 Å². The third-order valence-corrected chi connectivity index (χ3v) is 3.26. The Balaban J connectivity index is 1.85. The molecule has 0 atom stereocenters. The van der Waals surface area contributed by atoms with E-state index in [-0.39, 0.29) is 5.75 Å². The Morgan fingerprint density at radius 2 is 2.11 bits per heavy atom. The second-order valence-corrected chi connectivity index (χ2v) is 4.61. The number of aromatic nitrogens is 2. The molecule has 1 aromatic carbocycles. The Hall–Kier alpha value is -2.14. The van der Waals surface area contributed by atoms with Gasteiger partial charge in [-0.2, -0.15) is 16.3 Å². The summed E-state index contributed by atoms with van der Waals surface area (Å²) in [6.07, 6.45) is 0.434. The summed E-state index contributed by atoms with van der Waals surface area (Å²) in [6.45, 7) is 0. The molecule has 1 N–H and O–H groups in total. The molecule has 0 saturated heterocycles. The molecule has 0 amide bonds. The molecule has 2 aromatic heterocycles. The molecule has 0 spiro atoms. The van der Waals surface area contributed by atoms with Crippen molar-refractivity contribution in [2.24, 2.45) is 0 Å². The van der Waals surface area contributed by atoms with Gasteiger partial charge in [-0.3, -0.25) is 0 Å². The summed E-state index contributed by atoms with van der Waals surface area (Å²) < 4.78 is 5.18. The summed E-state index contributed by atoms with van der Waals surface area (Å²) in [6, 6.07) is 9.07. The van der Waals surface area contributed by atoms with Crippen LogP contribution < -0.4 is 0 Å². The molecule has 0 aliphatic carbocycles. The number of phenolic OH excluding ortho intramolecular Hbond substituents is 1. The second-order valence-electron chi connectivity index (χ2n) is 3.83. The van der Waals surface area contributed by atoms with Gasteiger partial charge in [0.1, 0.15) is 5.75 Å². The van der Waals surface area contributed by atoms with Crippen LogP contribution in [0.15, 0.2) is 45.6 Å². The maximum absolute atomic E-state index is 9.67. The minimum absolute atomic E-state index is 0.243. The molecule has 0 aliphatic rings. The third-order valence-electron chi connectivity index (χ3n) is 2.58. The summed E-state index contributed by atoms with van der Waals surface area (Å²) in [4.78, 5) is 4.31. The third kappa shape index (κ3) is 2.12. The molecule has 3 aromatic rings. The summed E-state index contributed by atoms with van der Waals surface area (Å²) in [7, 11) is 0. The first kappa shape index (κ1) is 11.0. The number of para-hydroxylation sites is 1. The topological polar surface area (TPSA) is 59.2 Å². The lowest BCUT2D eigenvalue weighted by molar-refractivity contribution is 0.383. The largest absolute Gasteiger partial charge is 0.508 e. The molecule has 0 aliphatic heterocycles. The molecule has 0 fully saturated rings. The standard InChI is InChI=1S/C13H10N2O2S/c16-11-4-2-1-3-9(11)7-12-14-13(15-17-12)10-5-6-18-8-10/h1-6,8,16H,7H2. The number of rotatable bonds is 3. The van der Waals surface area contributed by atoms with Gasteiger partial charge >= 0.3 is 0 Å². The molecule has 0 saturated carbocycles. The predicted octanol–water partition coefficient (Wildman–Crippen LogP) is 3.09. The maximum Gasteiger partial charge on any atom is 0.231 e. The SMILES string of the molecule is Oc1ccccc1Cc1nc(-c2ccsc2)no1. The normalized spacial score (nSPS) is 10.7. The summed E-state index contributed by atoms with van der Waals surface area (Å²) in [5.74, 6) is 1.33. The Labute approximate surface area is 108 Å². The monoisotopic (exact) mass is 258 g/mol. The zero-order valence-corrected chi connectivity index (χ0v) is 10.2. The van der Waals surface area contributed by atoms with Crippen molar-refractivity contribution in [1.29, 1.82) is 0 Å². The highest BCUT2D eigenvalue weighted by molar-refractivity contribution is 7.08. The van der Waals surface area contributed by atoms with Crippen LogP contribution in [0.5, 0.6) is 5.75 Å². The van der Waals surface area contributed by atoms with Crippen LogP contribution in [0.3, 0.4) is 0 Å². The predicted molar refractivity (Wildman–Crippen MR) is 68.5 cm³/mol. The molecule has 0 bridgehead atoms. The van der Waals surface area contributed by atoms with E-state index in [9.17, 15) is 5.11 Å². The number of thiophene rings is 1. The van der Waals surface area contributed by atoms with Gasteiger partial charge in [0.15, 0.2) is 0 Å². The van der Waals surface area contributed by atoms with Crippen molar-refractivity contribution >= 4 is 11.3 Å². The van der Waals surface area contributed by atoms with Crippen molar-refractivity contribution in [3.05, 3.63) is 52.5 Å². The van der Waals surface area contributed by atoms with Gasteiger partial charge in [0, 0.05) is 16.5 Å². The van der Waals surface area contributed by atoms with Crippen molar-refractivity contribution in [3.8, 4) is 17.1 Å². The van der Waals surface area contributed by atoms with Crippen LogP contribution in [0.25, 0.3) is 11.4 Å². The number of hydrogen-bond donors (Lipinski definition) is 1. The minimum atomic E-state index is 0.243. The van der Waals surface area contributed by atoms with Crippen molar-refractivity contribution in [1.82, 2.24) is 10.1 Å². The fourth-order valence-corrected chi connectivity index (χ4v) is 2.29. The van der Waals surface area contributed by atoms with E-state index in [4.69, 9.17) is 4.52 Å². The highest BCUT2D eigenvalue weighted by atomic mass is 32.1. The van der Waals surface area contributed by atoms with E-state index in [2.05, 4.69) is 10.1 Å². The molecule has 18 heavy (non-hydrogen) atoms.